The second-order valence-electron chi connectivity index (χ2n) is 8.85. The van der Waals surface area contributed by atoms with Crippen LogP contribution in [0.2, 0.25) is 0 Å². The van der Waals surface area contributed by atoms with Gasteiger partial charge in [0.2, 0.25) is 0 Å². The Balaban J connectivity index is 1.35. The maximum absolute atomic E-state index is 13.5. The average molecular weight is 517 g/mol. The van der Waals surface area contributed by atoms with Gasteiger partial charge in [-0.3, -0.25) is 14.5 Å². The summed E-state index contributed by atoms with van der Waals surface area (Å²) in [5.41, 5.74) is 5.79. The highest BCUT2D eigenvalue weighted by molar-refractivity contribution is 6.06. The molecule has 0 aliphatic carbocycles. The molecule has 1 aliphatic heterocycles. The highest BCUT2D eigenvalue weighted by Gasteiger charge is 2.50. The molecule has 1 saturated heterocycles. The second kappa shape index (κ2) is 9.57. The fourth-order valence-electron chi connectivity index (χ4n) is 4.21. The van der Waals surface area contributed by atoms with E-state index in [9.17, 15) is 19.5 Å². The van der Waals surface area contributed by atoms with Crippen LogP contribution in [-0.2, 0) is 14.3 Å². The van der Waals surface area contributed by atoms with Gasteiger partial charge in [0.15, 0.2) is 23.1 Å². The van der Waals surface area contributed by atoms with Gasteiger partial charge in [0.25, 0.3) is 11.8 Å². The molecule has 3 heterocycles. The molecule has 1 unspecified atom stereocenters. The Kier molecular flexibility index (Phi) is 6.27. The zero-order chi connectivity index (χ0) is 27.0. The summed E-state index contributed by atoms with van der Waals surface area (Å²) in [6.45, 7) is 1.55. The number of carbonyl (C=O) groups excluding carboxylic acids is 2. The lowest BCUT2D eigenvalue weighted by Gasteiger charge is -2.40. The van der Waals surface area contributed by atoms with E-state index in [0.717, 1.165) is 0 Å². The second-order valence-corrected chi connectivity index (χ2v) is 8.85. The van der Waals surface area contributed by atoms with E-state index in [1.165, 1.54) is 30.0 Å². The van der Waals surface area contributed by atoms with Crippen molar-refractivity contribution < 1.29 is 33.9 Å². The van der Waals surface area contributed by atoms with Crippen molar-refractivity contribution in [2.45, 2.75) is 18.6 Å². The highest BCUT2D eigenvalue weighted by atomic mass is 16.5. The Morgan fingerprint density at radius 2 is 1.92 bits per heavy atom. The number of fused-ring (bicyclic) bond motifs is 1. The van der Waals surface area contributed by atoms with E-state index in [4.69, 9.17) is 20.1 Å². The number of morpholine rings is 1. The minimum atomic E-state index is -1.88. The number of nitrogens with one attached hydrogen (secondary N) is 1. The summed E-state index contributed by atoms with van der Waals surface area (Å²) < 4.78 is 10.7. The van der Waals surface area contributed by atoms with Crippen LogP contribution in [0.15, 0.2) is 65.2 Å². The molecule has 0 spiro atoms. The number of carboxylic acid groups (broad SMARTS) is 1. The van der Waals surface area contributed by atoms with Crippen LogP contribution in [0.5, 0.6) is 0 Å². The van der Waals surface area contributed by atoms with Crippen molar-refractivity contribution in [3.63, 3.8) is 0 Å². The number of aliphatic hydroxyl groups is 1. The Bertz CT molecular complexity index is 1550. The van der Waals surface area contributed by atoms with Crippen molar-refractivity contribution in [3.8, 4) is 11.3 Å². The van der Waals surface area contributed by atoms with Crippen LogP contribution in [0.25, 0.3) is 22.2 Å². The summed E-state index contributed by atoms with van der Waals surface area (Å²) >= 11 is 0. The van der Waals surface area contributed by atoms with Crippen LogP contribution in [0, 0.1) is 0 Å². The first kappa shape index (κ1) is 24.9. The molecule has 38 heavy (non-hydrogen) atoms. The third kappa shape index (κ3) is 4.42. The topological polar surface area (TPSA) is 181 Å². The summed E-state index contributed by atoms with van der Waals surface area (Å²) in [4.78, 5) is 43.5. The third-order valence-electron chi connectivity index (χ3n) is 6.36. The van der Waals surface area contributed by atoms with Crippen LogP contribution in [0.4, 0.5) is 17.3 Å². The number of carbonyl (C=O) groups is 3. The van der Waals surface area contributed by atoms with E-state index >= 15 is 0 Å². The largest absolute Gasteiger partial charge is 0.478 e. The van der Waals surface area contributed by atoms with E-state index in [-0.39, 0.29) is 24.5 Å². The molecule has 4 aromatic rings. The summed E-state index contributed by atoms with van der Waals surface area (Å²) in [5, 5.41) is 26.8. The summed E-state index contributed by atoms with van der Waals surface area (Å²) in [7, 11) is 0. The van der Waals surface area contributed by atoms with E-state index in [1.54, 1.807) is 42.5 Å². The van der Waals surface area contributed by atoms with Crippen LogP contribution in [-0.4, -0.2) is 63.0 Å². The maximum atomic E-state index is 13.5. The number of nitrogens with zero attached hydrogens (tertiary/aromatic N) is 3. The number of pyridine rings is 1. The Morgan fingerprint density at radius 3 is 2.66 bits per heavy atom. The number of aliphatic hydroxyl groups excluding tert-OH is 1. The van der Waals surface area contributed by atoms with Crippen molar-refractivity contribution in [1.82, 2.24) is 10.1 Å². The number of aromatic carboxylic acids is 1. The number of nitrogen functional groups attached to an aromatic ring is 1. The van der Waals surface area contributed by atoms with Crippen LogP contribution in [0.3, 0.4) is 0 Å². The highest BCUT2D eigenvalue weighted by Crippen LogP contribution is 2.30. The summed E-state index contributed by atoms with van der Waals surface area (Å²) in [6, 6.07) is 15.9. The van der Waals surface area contributed by atoms with Gasteiger partial charge in [0.05, 0.1) is 29.8 Å². The minimum Gasteiger partial charge on any atom is -0.478 e. The standard InChI is InChI=1S/C26H23N5O7/c1-26(21(32)23(33)28-16-9-10-17-19(13-16)38-30-22(17)27)25(36)31(11-12-37-26)20-4-2-3-18(29-20)14-5-7-15(8-6-14)24(34)35/h2-10,13,21,32H,11-12H2,1H3,(H2,27,30)(H,28,33)(H,34,35)/t21-,26?/m0/s1. The zero-order valence-electron chi connectivity index (χ0n) is 20.1. The minimum absolute atomic E-state index is 0.0507. The molecule has 0 bridgehead atoms. The van der Waals surface area contributed by atoms with E-state index in [1.807, 2.05) is 0 Å². The molecule has 2 amide bonds. The van der Waals surface area contributed by atoms with Gasteiger partial charge in [0, 0.05) is 17.3 Å². The molecule has 2 aromatic heterocycles. The lowest BCUT2D eigenvalue weighted by molar-refractivity contribution is -0.170. The lowest BCUT2D eigenvalue weighted by atomic mass is 9.94. The molecular weight excluding hydrogens is 494 g/mol. The first-order valence-corrected chi connectivity index (χ1v) is 11.6. The average Bonchev–Trinajstić information content (AvgIpc) is 3.29. The van der Waals surface area contributed by atoms with Crippen molar-refractivity contribution in [3.05, 3.63) is 66.2 Å². The molecular formula is C26H23N5O7. The predicted octanol–water partition coefficient (Wildman–Crippen LogP) is 2.29. The molecule has 12 nitrogen and oxygen atoms in total. The van der Waals surface area contributed by atoms with E-state index in [2.05, 4.69) is 15.5 Å². The number of hydrogen-bond donors (Lipinski definition) is 4. The molecule has 2 atom stereocenters. The van der Waals surface area contributed by atoms with Crippen molar-refractivity contribution in [2.24, 2.45) is 0 Å². The molecule has 194 valence electrons. The quantitative estimate of drug-likeness (QED) is 0.296. The van der Waals surface area contributed by atoms with E-state index in [0.29, 0.717) is 33.7 Å². The number of hydrogen-bond acceptors (Lipinski definition) is 9. The van der Waals surface area contributed by atoms with Gasteiger partial charge >= 0.3 is 5.97 Å². The smallest absolute Gasteiger partial charge is 0.335 e. The number of aromatic nitrogens is 2. The van der Waals surface area contributed by atoms with Gasteiger partial charge in [0.1, 0.15) is 5.82 Å². The summed E-state index contributed by atoms with van der Waals surface area (Å²) in [5.74, 6) is -2.03. The monoisotopic (exact) mass is 517 g/mol. The number of nitrogens with two attached hydrogens (primary N) is 1. The van der Waals surface area contributed by atoms with Crippen LogP contribution >= 0.6 is 0 Å². The number of ether oxygens (including phenoxy) is 1. The Hall–Kier alpha value is -4.81. The molecule has 1 aliphatic rings. The van der Waals surface area contributed by atoms with Gasteiger partial charge in [-0.2, -0.15) is 0 Å². The first-order chi connectivity index (χ1) is 18.2. The molecule has 5 rings (SSSR count). The van der Waals surface area contributed by atoms with Gasteiger partial charge in [-0.15, -0.1) is 0 Å². The van der Waals surface area contributed by atoms with E-state index < -0.39 is 29.5 Å². The summed E-state index contributed by atoms with van der Waals surface area (Å²) in [6.07, 6.45) is -1.85. The van der Waals surface area contributed by atoms with Crippen molar-refractivity contribution in [2.75, 3.05) is 29.1 Å². The number of amides is 2. The van der Waals surface area contributed by atoms with Gasteiger partial charge in [-0.05, 0) is 43.3 Å². The van der Waals surface area contributed by atoms with Crippen LogP contribution < -0.4 is 16.0 Å². The molecule has 5 N–H and O–H groups in total. The number of anilines is 3. The predicted molar refractivity (Wildman–Crippen MR) is 136 cm³/mol. The Labute approximate surface area is 215 Å². The zero-order valence-corrected chi connectivity index (χ0v) is 20.1. The molecule has 1 fully saturated rings. The van der Waals surface area contributed by atoms with Crippen molar-refractivity contribution >= 4 is 46.1 Å². The maximum Gasteiger partial charge on any atom is 0.335 e. The number of carboxylic acids is 1. The van der Waals surface area contributed by atoms with Gasteiger partial charge in [-0.1, -0.05) is 23.4 Å². The fraction of sp³-hybridized carbons (Fsp3) is 0.192. The SMILES string of the molecule is CC1([C@@H](O)C(=O)Nc2ccc3c(N)noc3c2)OCCN(c2cccc(-c3ccc(C(=O)O)cc3)n2)C1=O. The van der Waals surface area contributed by atoms with Gasteiger partial charge < -0.3 is 30.5 Å². The molecule has 2 aromatic carbocycles. The normalized spacial score (nSPS) is 18.4. The lowest BCUT2D eigenvalue weighted by Crippen LogP contribution is -2.63. The molecule has 0 saturated carbocycles. The third-order valence-corrected chi connectivity index (χ3v) is 6.36. The molecule has 12 heteroatoms. The Morgan fingerprint density at radius 1 is 1.16 bits per heavy atom. The number of benzene rings is 2. The molecule has 0 radical (unpaired) electrons. The first-order valence-electron chi connectivity index (χ1n) is 11.6. The number of rotatable bonds is 6. The fourth-order valence-corrected chi connectivity index (χ4v) is 4.21. The van der Waals surface area contributed by atoms with Crippen molar-refractivity contribution in [1.29, 1.82) is 0 Å². The van der Waals surface area contributed by atoms with Gasteiger partial charge in [-0.25, -0.2) is 9.78 Å². The van der Waals surface area contributed by atoms with Crippen LogP contribution in [0.1, 0.15) is 17.3 Å².